The van der Waals surface area contributed by atoms with Gasteiger partial charge in [0.05, 0.1) is 19.8 Å². The Hall–Kier alpha value is -0.550. The molecule has 0 spiro atoms. The van der Waals surface area contributed by atoms with Crippen LogP contribution in [0.3, 0.4) is 0 Å². The summed E-state index contributed by atoms with van der Waals surface area (Å²) in [5, 5.41) is 3.51. The summed E-state index contributed by atoms with van der Waals surface area (Å²) in [6.45, 7) is 3.91. The third-order valence-electron chi connectivity index (χ3n) is 3.02. The molecule has 1 aromatic rings. The minimum absolute atomic E-state index is 0.668. The molecule has 0 bridgehead atoms. The second-order valence-corrected chi connectivity index (χ2v) is 5.77. The maximum absolute atomic E-state index is 5.55. The molecule has 1 saturated heterocycles. The van der Waals surface area contributed by atoms with E-state index in [1.807, 2.05) is 30.0 Å². The van der Waals surface area contributed by atoms with Crippen molar-refractivity contribution in [2.24, 2.45) is 0 Å². The number of nitrogens with one attached hydrogen (secondary N) is 1. The zero-order valence-corrected chi connectivity index (χ0v) is 12.2. The van der Waals surface area contributed by atoms with Crippen molar-refractivity contribution in [1.82, 2.24) is 5.32 Å². The molecule has 106 valence electrons. The van der Waals surface area contributed by atoms with Gasteiger partial charge in [-0.1, -0.05) is 30.3 Å². The molecule has 1 aromatic carbocycles. The molecule has 0 saturated carbocycles. The van der Waals surface area contributed by atoms with Gasteiger partial charge < -0.3 is 14.8 Å². The lowest BCUT2D eigenvalue weighted by atomic mass is 10.2. The van der Waals surface area contributed by atoms with Gasteiger partial charge in [-0.25, -0.2) is 0 Å². The summed E-state index contributed by atoms with van der Waals surface area (Å²) in [5.41, 5.74) is 1.21. The van der Waals surface area contributed by atoms with Gasteiger partial charge in [-0.2, -0.15) is 11.8 Å². The van der Waals surface area contributed by atoms with E-state index in [-0.39, 0.29) is 0 Å². The van der Waals surface area contributed by atoms with Crippen LogP contribution in [0.25, 0.3) is 0 Å². The van der Waals surface area contributed by atoms with E-state index >= 15 is 0 Å². The topological polar surface area (TPSA) is 30.5 Å². The average Bonchev–Trinajstić information content (AvgIpc) is 2.40. The number of rotatable bonds is 10. The first-order valence-corrected chi connectivity index (χ1v) is 8.11. The number of benzene rings is 1. The molecule has 4 heteroatoms. The van der Waals surface area contributed by atoms with E-state index in [9.17, 15) is 0 Å². The normalized spacial score (nSPS) is 15.4. The lowest BCUT2D eigenvalue weighted by Gasteiger charge is -2.25. The molecular weight excluding hydrogens is 258 g/mol. The summed E-state index contributed by atoms with van der Waals surface area (Å²) in [7, 11) is 0. The smallest absolute Gasteiger partial charge is 0.0718 e. The molecule has 1 N–H and O–H groups in total. The summed E-state index contributed by atoms with van der Waals surface area (Å²) >= 11 is 2.01. The predicted octanol–water partition coefficient (Wildman–Crippen LogP) is 2.31. The Bertz CT molecular complexity index is 330. The third kappa shape index (κ3) is 6.43. The highest BCUT2D eigenvalue weighted by Gasteiger charge is 2.15. The van der Waals surface area contributed by atoms with Crippen LogP contribution in [-0.2, 0) is 16.1 Å². The first kappa shape index (κ1) is 14.9. The lowest BCUT2D eigenvalue weighted by molar-refractivity contribution is 0.0398. The Morgan fingerprint density at radius 3 is 2.58 bits per heavy atom. The zero-order chi connectivity index (χ0) is 13.2. The van der Waals surface area contributed by atoms with Gasteiger partial charge in [-0.3, -0.25) is 0 Å². The summed E-state index contributed by atoms with van der Waals surface area (Å²) in [6, 6.07) is 11.0. The van der Waals surface area contributed by atoms with E-state index in [4.69, 9.17) is 9.47 Å². The van der Waals surface area contributed by atoms with Crippen LogP contribution in [0.4, 0.5) is 0 Å². The molecule has 1 fully saturated rings. The van der Waals surface area contributed by atoms with E-state index in [2.05, 4.69) is 17.4 Å². The van der Waals surface area contributed by atoms with Crippen molar-refractivity contribution in [2.75, 3.05) is 37.9 Å². The van der Waals surface area contributed by atoms with Crippen LogP contribution in [0.15, 0.2) is 30.3 Å². The number of hydrogen-bond donors (Lipinski definition) is 1. The minimum atomic E-state index is 0.668. The third-order valence-corrected chi connectivity index (χ3v) is 4.30. The molecule has 0 atom stereocenters. The monoisotopic (exact) mass is 281 g/mol. The van der Waals surface area contributed by atoms with Gasteiger partial charge >= 0.3 is 0 Å². The van der Waals surface area contributed by atoms with Crippen LogP contribution in [0.2, 0.25) is 0 Å². The van der Waals surface area contributed by atoms with E-state index in [0.717, 1.165) is 25.6 Å². The van der Waals surface area contributed by atoms with Crippen molar-refractivity contribution in [1.29, 1.82) is 0 Å². The lowest BCUT2D eigenvalue weighted by Crippen LogP contribution is -2.40. The van der Waals surface area contributed by atoms with Crippen molar-refractivity contribution >= 4 is 11.8 Å². The highest BCUT2D eigenvalue weighted by atomic mass is 32.2. The van der Waals surface area contributed by atoms with Crippen LogP contribution in [-0.4, -0.2) is 43.9 Å². The maximum Gasteiger partial charge on any atom is 0.0718 e. The fourth-order valence-electron chi connectivity index (χ4n) is 1.82. The standard InChI is InChI=1S/C15H23NO2S/c1-2-5-14(6-3-1)11-18-10-9-17-8-4-7-16-15-12-19-13-15/h1-3,5-6,15-16H,4,7-13H2. The number of hydrogen-bond acceptors (Lipinski definition) is 4. The Morgan fingerprint density at radius 1 is 1.05 bits per heavy atom. The largest absolute Gasteiger partial charge is 0.379 e. The van der Waals surface area contributed by atoms with E-state index in [0.29, 0.717) is 19.8 Å². The van der Waals surface area contributed by atoms with Crippen molar-refractivity contribution in [3.63, 3.8) is 0 Å². The highest BCUT2D eigenvalue weighted by Crippen LogP contribution is 2.16. The highest BCUT2D eigenvalue weighted by molar-refractivity contribution is 8.00. The minimum Gasteiger partial charge on any atom is -0.379 e. The van der Waals surface area contributed by atoms with Crippen LogP contribution in [0.5, 0.6) is 0 Å². The van der Waals surface area contributed by atoms with Gasteiger partial charge in [0.1, 0.15) is 0 Å². The molecule has 19 heavy (non-hydrogen) atoms. The molecule has 3 nitrogen and oxygen atoms in total. The first-order valence-electron chi connectivity index (χ1n) is 6.96. The number of thioether (sulfide) groups is 1. The molecule has 0 aromatic heterocycles. The van der Waals surface area contributed by atoms with Gasteiger partial charge in [-0.15, -0.1) is 0 Å². The number of ether oxygens (including phenoxy) is 2. The Balaban J connectivity index is 1.34. The predicted molar refractivity (Wildman–Crippen MR) is 80.6 cm³/mol. The molecule has 1 aliphatic rings. The van der Waals surface area contributed by atoms with E-state index in [1.54, 1.807) is 0 Å². The second kappa shape index (κ2) is 9.37. The van der Waals surface area contributed by atoms with Crippen molar-refractivity contribution in [2.45, 2.75) is 19.1 Å². The van der Waals surface area contributed by atoms with Crippen molar-refractivity contribution < 1.29 is 9.47 Å². The summed E-state index contributed by atoms with van der Waals surface area (Å²) < 4.78 is 11.1. The molecule has 0 aliphatic carbocycles. The molecule has 1 aliphatic heterocycles. The van der Waals surface area contributed by atoms with Gasteiger partial charge in [0.15, 0.2) is 0 Å². The Labute approximate surface area is 120 Å². The van der Waals surface area contributed by atoms with Crippen LogP contribution in [0.1, 0.15) is 12.0 Å². The molecule has 0 unspecified atom stereocenters. The van der Waals surface area contributed by atoms with Crippen LogP contribution >= 0.6 is 11.8 Å². The first-order chi connectivity index (χ1) is 9.45. The fourth-order valence-corrected chi connectivity index (χ4v) is 2.53. The van der Waals surface area contributed by atoms with Crippen LogP contribution < -0.4 is 5.32 Å². The SMILES string of the molecule is c1ccc(COCCOCCCNC2CSC2)cc1. The molecule has 0 amide bonds. The second-order valence-electron chi connectivity index (χ2n) is 4.69. The quantitative estimate of drug-likeness (QED) is 0.667. The summed E-state index contributed by atoms with van der Waals surface area (Å²) in [4.78, 5) is 0. The molecule has 0 radical (unpaired) electrons. The summed E-state index contributed by atoms with van der Waals surface area (Å²) in [6.07, 6.45) is 1.08. The zero-order valence-electron chi connectivity index (χ0n) is 11.3. The van der Waals surface area contributed by atoms with E-state index in [1.165, 1.54) is 17.1 Å². The molecular formula is C15H23NO2S. The average molecular weight is 281 g/mol. The van der Waals surface area contributed by atoms with Crippen molar-refractivity contribution in [3.8, 4) is 0 Å². The molecule has 2 rings (SSSR count). The van der Waals surface area contributed by atoms with Gasteiger partial charge in [0.2, 0.25) is 0 Å². The fraction of sp³-hybridized carbons (Fsp3) is 0.600. The van der Waals surface area contributed by atoms with Crippen molar-refractivity contribution in [3.05, 3.63) is 35.9 Å². The van der Waals surface area contributed by atoms with Gasteiger partial charge in [0.25, 0.3) is 0 Å². The Kier molecular flexibility index (Phi) is 7.32. The Morgan fingerprint density at radius 2 is 1.84 bits per heavy atom. The van der Waals surface area contributed by atoms with Crippen LogP contribution in [0, 0.1) is 0 Å². The maximum atomic E-state index is 5.55. The van der Waals surface area contributed by atoms with E-state index < -0.39 is 0 Å². The van der Waals surface area contributed by atoms with Gasteiger partial charge in [0, 0.05) is 24.2 Å². The molecule has 1 heterocycles. The van der Waals surface area contributed by atoms with Gasteiger partial charge in [-0.05, 0) is 18.5 Å². The summed E-state index contributed by atoms with van der Waals surface area (Å²) in [5.74, 6) is 2.54.